The van der Waals surface area contributed by atoms with Crippen LogP contribution >= 0.6 is 11.3 Å². The van der Waals surface area contributed by atoms with Crippen LogP contribution in [0.1, 0.15) is 6.42 Å². The van der Waals surface area contributed by atoms with Crippen LogP contribution in [0.15, 0.2) is 0 Å². The number of alkyl halides is 2. The topological polar surface area (TPSA) is 90.1 Å². The Labute approximate surface area is 93.8 Å². The Kier molecular flexibility index (Phi) is 4.99. The average Bonchev–Trinajstić information content (AvgIpc) is 2.58. The second-order valence-corrected chi connectivity index (χ2v) is 3.72. The molecule has 1 aromatic heterocycles. The van der Waals surface area contributed by atoms with Gasteiger partial charge >= 0.3 is 0 Å². The summed E-state index contributed by atoms with van der Waals surface area (Å²) in [6, 6.07) is 0. The molecule has 0 unspecified atom stereocenters. The third kappa shape index (κ3) is 4.94. The van der Waals surface area contributed by atoms with Crippen LogP contribution in [0.5, 0.6) is 0 Å². The Morgan fingerprint density at radius 2 is 2.31 bits per heavy atom. The van der Waals surface area contributed by atoms with Crippen molar-refractivity contribution >= 4 is 27.5 Å². The summed E-state index contributed by atoms with van der Waals surface area (Å²) in [5, 5.41) is 9.98. The molecule has 0 aliphatic heterocycles. The van der Waals surface area contributed by atoms with Crippen molar-refractivity contribution in [3.05, 3.63) is 0 Å². The third-order valence-electron chi connectivity index (χ3n) is 1.40. The minimum Gasteiger partial charge on any atom is -0.375 e. The van der Waals surface area contributed by atoms with Gasteiger partial charge in [-0.1, -0.05) is 11.3 Å². The number of hydrogen-bond acceptors (Lipinski definition) is 6. The van der Waals surface area contributed by atoms with Crippen LogP contribution in [0.3, 0.4) is 0 Å². The molecule has 0 aromatic carbocycles. The number of halogens is 2. The number of aromatic nitrogens is 2. The summed E-state index contributed by atoms with van der Waals surface area (Å²) in [7, 11) is 0. The summed E-state index contributed by atoms with van der Waals surface area (Å²) in [5.74, 6) is -0.384. The van der Waals surface area contributed by atoms with Gasteiger partial charge in [0.1, 0.15) is 6.61 Å². The molecule has 3 N–H and O–H groups in total. The zero-order chi connectivity index (χ0) is 12.0. The smallest absolute Gasteiger partial charge is 0.261 e. The Balaban J connectivity index is 2.16. The van der Waals surface area contributed by atoms with Crippen molar-refractivity contribution in [3.63, 3.8) is 0 Å². The van der Waals surface area contributed by atoms with Crippen molar-refractivity contribution < 1.29 is 18.3 Å². The fourth-order valence-corrected chi connectivity index (χ4v) is 1.33. The molecule has 9 heteroatoms. The van der Waals surface area contributed by atoms with Gasteiger partial charge in [-0.15, -0.1) is 10.2 Å². The quantitative estimate of drug-likeness (QED) is 0.728. The molecule has 90 valence electrons. The summed E-state index contributed by atoms with van der Waals surface area (Å²) < 4.78 is 27.8. The first-order chi connectivity index (χ1) is 7.58. The van der Waals surface area contributed by atoms with Gasteiger partial charge in [0.2, 0.25) is 16.2 Å². The van der Waals surface area contributed by atoms with Gasteiger partial charge in [0.25, 0.3) is 6.43 Å². The molecule has 0 aliphatic rings. The van der Waals surface area contributed by atoms with Crippen LogP contribution in [0.2, 0.25) is 0 Å². The van der Waals surface area contributed by atoms with E-state index in [2.05, 4.69) is 20.3 Å². The number of carbonyl (C=O) groups is 1. The molecule has 0 bridgehead atoms. The first kappa shape index (κ1) is 12.7. The lowest BCUT2D eigenvalue weighted by molar-refractivity contribution is -0.117. The number of nitrogen functional groups attached to an aromatic ring is 1. The van der Waals surface area contributed by atoms with Crippen LogP contribution in [-0.4, -0.2) is 35.7 Å². The van der Waals surface area contributed by atoms with Crippen molar-refractivity contribution in [1.82, 2.24) is 10.2 Å². The normalized spacial score (nSPS) is 10.7. The Morgan fingerprint density at radius 3 is 2.88 bits per heavy atom. The maximum absolute atomic E-state index is 11.7. The van der Waals surface area contributed by atoms with Gasteiger partial charge in [-0.2, -0.15) is 0 Å². The summed E-state index contributed by atoms with van der Waals surface area (Å²) in [5.41, 5.74) is 5.29. The number of ether oxygens (including phenoxy) is 1. The Hall–Kier alpha value is -1.35. The van der Waals surface area contributed by atoms with E-state index in [0.29, 0.717) is 0 Å². The zero-order valence-electron chi connectivity index (χ0n) is 8.15. The van der Waals surface area contributed by atoms with Crippen molar-refractivity contribution in [2.45, 2.75) is 12.8 Å². The number of anilines is 2. The molecule has 0 radical (unpaired) electrons. The summed E-state index contributed by atoms with van der Waals surface area (Å²) in [6.07, 6.45) is -2.54. The van der Waals surface area contributed by atoms with E-state index in [9.17, 15) is 13.6 Å². The van der Waals surface area contributed by atoms with Gasteiger partial charge in [0.05, 0.1) is 13.0 Å². The van der Waals surface area contributed by atoms with Gasteiger partial charge in [-0.25, -0.2) is 8.78 Å². The van der Waals surface area contributed by atoms with E-state index in [0.717, 1.165) is 11.3 Å². The minimum atomic E-state index is -2.52. The van der Waals surface area contributed by atoms with E-state index in [4.69, 9.17) is 5.73 Å². The molecule has 1 aromatic rings. The highest BCUT2D eigenvalue weighted by atomic mass is 32.1. The molecule has 0 aliphatic carbocycles. The van der Waals surface area contributed by atoms with Crippen LogP contribution in [0.25, 0.3) is 0 Å². The van der Waals surface area contributed by atoms with Gasteiger partial charge in [-0.05, 0) is 0 Å². The molecule has 1 amide bonds. The van der Waals surface area contributed by atoms with E-state index in [-0.39, 0.29) is 29.2 Å². The largest absolute Gasteiger partial charge is 0.375 e. The van der Waals surface area contributed by atoms with Crippen molar-refractivity contribution in [1.29, 1.82) is 0 Å². The van der Waals surface area contributed by atoms with Gasteiger partial charge in [-0.3, -0.25) is 4.79 Å². The first-order valence-electron chi connectivity index (χ1n) is 4.32. The first-order valence-corrected chi connectivity index (χ1v) is 5.14. The van der Waals surface area contributed by atoms with Crippen molar-refractivity contribution in [3.8, 4) is 0 Å². The highest BCUT2D eigenvalue weighted by molar-refractivity contribution is 7.18. The molecule has 1 rings (SSSR count). The van der Waals surface area contributed by atoms with Gasteiger partial charge in [0.15, 0.2) is 0 Å². The van der Waals surface area contributed by atoms with Crippen LogP contribution in [0.4, 0.5) is 19.0 Å². The number of nitrogens with one attached hydrogen (secondary N) is 1. The monoisotopic (exact) mass is 252 g/mol. The number of hydrogen-bond donors (Lipinski definition) is 2. The summed E-state index contributed by atoms with van der Waals surface area (Å²) in [4.78, 5) is 11.2. The summed E-state index contributed by atoms with van der Waals surface area (Å²) >= 11 is 1.02. The van der Waals surface area contributed by atoms with Crippen LogP contribution < -0.4 is 11.1 Å². The molecular formula is C7H10F2N4O2S. The zero-order valence-corrected chi connectivity index (χ0v) is 8.97. The average molecular weight is 252 g/mol. The molecule has 0 spiro atoms. The maximum Gasteiger partial charge on any atom is 0.261 e. The molecule has 0 fully saturated rings. The molecule has 16 heavy (non-hydrogen) atoms. The molecule has 0 atom stereocenters. The second kappa shape index (κ2) is 6.28. The van der Waals surface area contributed by atoms with E-state index in [1.165, 1.54) is 0 Å². The second-order valence-electron chi connectivity index (χ2n) is 2.71. The van der Waals surface area contributed by atoms with Gasteiger partial charge < -0.3 is 15.8 Å². The lowest BCUT2D eigenvalue weighted by Crippen LogP contribution is -2.15. The van der Waals surface area contributed by atoms with Gasteiger partial charge in [0, 0.05) is 0 Å². The Bertz CT molecular complexity index is 347. The standard InChI is InChI=1S/C7H10F2N4O2S/c8-4(9)3-15-2-1-5(14)11-7-13-12-6(10)16-7/h4H,1-3H2,(H2,10,12)(H,11,13,14). The van der Waals surface area contributed by atoms with Crippen LogP contribution in [0, 0.1) is 0 Å². The Morgan fingerprint density at radius 1 is 1.56 bits per heavy atom. The SMILES string of the molecule is Nc1nnc(NC(=O)CCOCC(F)F)s1. The van der Waals surface area contributed by atoms with E-state index >= 15 is 0 Å². The summed E-state index contributed by atoms with van der Waals surface area (Å²) in [6.45, 7) is -0.733. The van der Waals surface area contributed by atoms with Crippen molar-refractivity contribution in [2.75, 3.05) is 24.3 Å². The third-order valence-corrected chi connectivity index (χ3v) is 2.07. The fourth-order valence-electron chi connectivity index (χ4n) is 0.804. The molecule has 0 saturated carbocycles. The number of rotatable bonds is 6. The van der Waals surface area contributed by atoms with E-state index < -0.39 is 13.0 Å². The predicted molar refractivity (Wildman–Crippen MR) is 54.4 cm³/mol. The predicted octanol–water partition coefficient (Wildman–Crippen LogP) is 0.731. The number of carbonyl (C=O) groups excluding carboxylic acids is 1. The number of nitrogens with zero attached hydrogens (tertiary/aromatic N) is 2. The highest BCUT2D eigenvalue weighted by Crippen LogP contribution is 2.16. The molecular weight excluding hydrogens is 242 g/mol. The fraction of sp³-hybridized carbons (Fsp3) is 0.571. The molecule has 0 saturated heterocycles. The van der Waals surface area contributed by atoms with Crippen LogP contribution in [-0.2, 0) is 9.53 Å². The van der Waals surface area contributed by atoms with Crippen molar-refractivity contribution in [2.24, 2.45) is 0 Å². The van der Waals surface area contributed by atoms with E-state index in [1.54, 1.807) is 0 Å². The number of amides is 1. The minimum absolute atomic E-state index is 0.0216. The molecule has 1 heterocycles. The highest BCUT2D eigenvalue weighted by Gasteiger charge is 2.07. The lowest BCUT2D eigenvalue weighted by Gasteiger charge is -2.02. The maximum atomic E-state index is 11.7. The molecule has 6 nitrogen and oxygen atoms in total. The number of nitrogens with two attached hydrogens (primary N) is 1. The van der Waals surface area contributed by atoms with E-state index in [1.807, 2.05) is 0 Å². The lowest BCUT2D eigenvalue weighted by atomic mass is 10.4.